The molecule has 0 atom stereocenters. The number of fused-ring (bicyclic) bond motifs is 3. The monoisotopic (exact) mass is 350 g/mol. The van der Waals surface area contributed by atoms with Crippen LogP contribution in [0.5, 0.6) is 0 Å². The molecule has 0 fully saturated rings. The van der Waals surface area contributed by atoms with Crippen LogP contribution in [0, 0.1) is 0 Å². The van der Waals surface area contributed by atoms with Gasteiger partial charge in [0.15, 0.2) is 0 Å². The number of hydrogen-bond acceptors (Lipinski definition) is 3. The number of pyridine rings is 2. The van der Waals surface area contributed by atoms with Gasteiger partial charge in [-0.1, -0.05) is 54.6 Å². The minimum absolute atomic E-state index is 0.720. The van der Waals surface area contributed by atoms with Crippen LogP contribution in [-0.2, 0) is 6.54 Å². The predicted octanol–water partition coefficient (Wildman–Crippen LogP) is 5.16. The van der Waals surface area contributed by atoms with Gasteiger partial charge in [0.1, 0.15) is 17.2 Å². The second-order valence-electron chi connectivity index (χ2n) is 6.45. The van der Waals surface area contributed by atoms with E-state index in [1.807, 2.05) is 24.3 Å². The van der Waals surface area contributed by atoms with Gasteiger partial charge in [0, 0.05) is 12.7 Å². The van der Waals surface area contributed by atoms with Gasteiger partial charge < -0.3 is 5.32 Å². The van der Waals surface area contributed by atoms with Crippen molar-refractivity contribution in [2.75, 3.05) is 5.32 Å². The molecule has 0 aliphatic carbocycles. The number of nitrogens with zero attached hydrogens (tertiary/aromatic N) is 3. The van der Waals surface area contributed by atoms with Crippen molar-refractivity contribution in [1.82, 2.24) is 14.4 Å². The highest BCUT2D eigenvalue weighted by Gasteiger charge is 2.16. The van der Waals surface area contributed by atoms with Gasteiger partial charge in [0.05, 0.1) is 11.2 Å². The van der Waals surface area contributed by atoms with Gasteiger partial charge in [-0.2, -0.15) is 0 Å². The molecule has 2 aromatic carbocycles. The summed E-state index contributed by atoms with van der Waals surface area (Å²) < 4.78 is 2.18. The molecule has 0 radical (unpaired) electrons. The summed E-state index contributed by atoms with van der Waals surface area (Å²) in [5.74, 6) is 0.962. The van der Waals surface area contributed by atoms with Crippen LogP contribution >= 0.6 is 0 Å². The van der Waals surface area contributed by atoms with Crippen LogP contribution in [0.15, 0.2) is 91.1 Å². The van der Waals surface area contributed by atoms with Crippen LogP contribution in [0.3, 0.4) is 0 Å². The second-order valence-corrected chi connectivity index (χ2v) is 6.45. The third-order valence-corrected chi connectivity index (χ3v) is 4.70. The molecular formula is C23H18N4. The molecule has 27 heavy (non-hydrogen) atoms. The Morgan fingerprint density at radius 2 is 1.59 bits per heavy atom. The van der Waals surface area contributed by atoms with Gasteiger partial charge in [-0.05, 0) is 41.3 Å². The number of imidazole rings is 1. The van der Waals surface area contributed by atoms with E-state index in [-0.39, 0.29) is 0 Å². The number of para-hydroxylation sites is 1. The SMILES string of the molecule is c1ccc(CNc2c(-c3ccccn3)nc3ccc4ccccc4n23)cc1. The molecule has 0 saturated heterocycles. The maximum atomic E-state index is 4.88. The quantitative estimate of drug-likeness (QED) is 0.487. The Morgan fingerprint density at radius 3 is 2.44 bits per heavy atom. The zero-order chi connectivity index (χ0) is 18.1. The molecule has 5 aromatic rings. The standard InChI is InChI=1S/C23H18N4/c1-2-8-17(9-3-1)16-25-23-22(19-11-6-7-15-24-19)26-21-14-13-18-10-4-5-12-20(18)27(21)23/h1-15,25H,16H2. The van der Waals surface area contributed by atoms with Crippen LogP contribution < -0.4 is 5.32 Å². The van der Waals surface area contributed by atoms with Crippen LogP contribution in [0.1, 0.15) is 5.56 Å². The van der Waals surface area contributed by atoms with E-state index >= 15 is 0 Å². The molecule has 4 nitrogen and oxygen atoms in total. The van der Waals surface area contributed by atoms with Gasteiger partial charge in [0.2, 0.25) is 0 Å². The zero-order valence-corrected chi connectivity index (χ0v) is 14.7. The minimum Gasteiger partial charge on any atom is -0.365 e. The second kappa shape index (κ2) is 6.57. The topological polar surface area (TPSA) is 42.2 Å². The first-order chi connectivity index (χ1) is 13.4. The minimum atomic E-state index is 0.720. The number of anilines is 1. The van der Waals surface area contributed by atoms with E-state index in [1.54, 1.807) is 6.20 Å². The maximum Gasteiger partial charge on any atom is 0.141 e. The predicted molar refractivity (Wildman–Crippen MR) is 110 cm³/mol. The van der Waals surface area contributed by atoms with E-state index in [4.69, 9.17) is 4.98 Å². The molecule has 0 saturated carbocycles. The zero-order valence-electron chi connectivity index (χ0n) is 14.7. The molecule has 0 aliphatic heterocycles. The Labute approximate surface area is 157 Å². The van der Waals surface area contributed by atoms with Crippen molar-refractivity contribution in [3.05, 3.63) is 96.7 Å². The van der Waals surface area contributed by atoms with Crippen molar-refractivity contribution in [3.8, 4) is 11.4 Å². The molecule has 0 bridgehead atoms. The average molecular weight is 350 g/mol. The fourth-order valence-electron chi connectivity index (χ4n) is 3.42. The Balaban J connectivity index is 1.72. The fourth-order valence-corrected chi connectivity index (χ4v) is 3.42. The Bertz CT molecular complexity index is 1210. The molecule has 130 valence electrons. The van der Waals surface area contributed by atoms with Crippen LogP contribution in [-0.4, -0.2) is 14.4 Å². The summed E-state index contributed by atoms with van der Waals surface area (Å²) in [6.45, 7) is 0.720. The highest BCUT2D eigenvalue weighted by atomic mass is 15.1. The lowest BCUT2D eigenvalue weighted by Crippen LogP contribution is -2.04. The summed E-state index contributed by atoms with van der Waals surface area (Å²) in [7, 11) is 0. The number of benzene rings is 2. The number of nitrogens with one attached hydrogen (secondary N) is 1. The van der Waals surface area contributed by atoms with Gasteiger partial charge in [-0.3, -0.25) is 9.38 Å². The molecule has 5 rings (SSSR count). The number of hydrogen-bond donors (Lipinski definition) is 1. The van der Waals surface area contributed by atoms with Crippen molar-refractivity contribution in [2.45, 2.75) is 6.54 Å². The highest BCUT2D eigenvalue weighted by Crippen LogP contribution is 2.31. The first-order valence-corrected chi connectivity index (χ1v) is 8.99. The van der Waals surface area contributed by atoms with Gasteiger partial charge >= 0.3 is 0 Å². The van der Waals surface area contributed by atoms with Crippen molar-refractivity contribution < 1.29 is 0 Å². The summed E-state index contributed by atoms with van der Waals surface area (Å²) >= 11 is 0. The molecule has 4 heteroatoms. The summed E-state index contributed by atoms with van der Waals surface area (Å²) in [4.78, 5) is 9.41. The molecular weight excluding hydrogens is 332 g/mol. The van der Waals surface area contributed by atoms with Crippen LogP contribution in [0.4, 0.5) is 5.82 Å². The summed E-state index contributed by atoms with van der Waals surface area (Å²) in [5, 5.41) is 4.78. The van der Waals surface area contributed by atoms with E-state index in [9.17, 15) is 0 Å². The lowest BCUT2D eigenvalue weighted by molar-refractivity contribution is 1.10. The molecule has 0 aliphatic rings. The normalized spacial score (nSPS) is 11.1. The largest absolute Gasteiger partial charge is 0.365 e. The summed E-state index contributed by atoms with van der Waals surface area (Å²) in [6, 6.07) is 28.8. The van der Waals surface area contributed by atoms with E-state index in [1.165, 1.54) is 10.9 Å². The fraction of sp³-hybridized carbons (Fsp3) is 0.0435. The third kappa shape index (κ3) is 2.81. The van der Waals surface area contributed by atoms with Crippen molar-refractivity contribution >= 4 is 22.4 Å². The number of aromatic nitrogens is 3. The van der Waals surface area contributed by atoms with Crippen LogP contribution in [0.2, 0.25) is 0 Å². The first kappa shape index (κ1) is 15.6. The highest BCUT2D eigenvalue weighted by molar-refractivity contribution is 5.87. The van der Waals surface area contributed by atoms with Gasteiger partial charge in [0.25, 0.3) is 0 Å². The molecule has 0 spiro atoms. The van der Waals surface area contributed by atoms with E-state index < -0.39 is 0 Å². The first-order valence-electron chi connectivity index (χ1n) is 8.99. The smallest absolute Gasteiger partial charge is 0.141 e. The maximum absolute atomic E-state index is 4.88. The van der Waals surface area contributed by atoms with Gasteiger partial charge in [-0.25, -0.2) is 4.98 Å². The lowest BCUT2D eigenvalue weighted by Gasteiger charge is -2.11. The van der Waals surface area contributed by atoms with Crippen LogP contribution in [0.25, 0.3) is 27.9 Å². The molecule has 3 aromatic heterocycles. The lowest BCUT2D eigenvalue weighted by atomic mass is 10.2. The third-order valence-electron chi connectivity index (χ3n) is 4.70. The van der Waals surface area contributed by atoms with E-state index in [2.05, 4.69) is 75.4 Å². The van der Waals surface area contributed by atoms with Crippen molar-refractivity contribution in [3.63, 3.8) is 0 Å². The van der Waals surface area contributed by atoms with E-state index in [0.717, 1.165) is 34.9 Å². The average Bonchev–Trinajstić information content (AvgIpc) is 3.13. The Kier molecular flexibility index (Phi) is 3.79. The summed E-state index contributed by atoms with van der Waals surface area (Å²) in [6.07, 6.45) is 1.80. The summed E-state index contributed by atoms with van der Waals surface area (Å²) in [5.41, 5.74) is 4.98. The molecule has 0 unspecified atom stereocenters. The number of rotatable bonds is 4. The van der Waals surface area contributed by atoms with Crippen molar-refractivity contribution in [2.24, 2.45) is 0 Å². The molecule has 0 amide bonds. The van der Waals surface area contributed by atoms with Crippen molar-refractivity contribution in [1.29, 1.82) is 0 Å². The molecule has 3 heterocycles. The Hall–Kier alpha value is -3.66. The van der Waals surface area contributed by atoms with E-state index in [0.29, 0.717) is 0 Å². The van der Waals surface area contributed by atoms with Gasteiger partial charge in [-0.15, -0.1) is 0 Å². The molecule has 1 N–H and O–H groups in total. The Morgan fingerprint density at radius 1 is 0.778 bits per heavy atom.